The second-order valence-corrected chi connectivity index (χ2v) is 5.17. The van der Waals surface area contributed by atoms with Gasteiger partial charge in [0.15, 0.2) is 5.79 Å². The first-order valence-corrected chi connectivity index (χ1v) is 6.73. The summed E-state index contributed by atoms with van der Waals surface area (Å²) in [5.74, 6) is -0.218. The molecule has 100 valence electrons. The fourth-order valence-corrected chi connectivity index (χ4v) is 2.91. The van der Waals surface area contributed by atoms with Crippen molar-refractivity contribution in [3.8, 4) is 0 Å². The van der Waals surface area contributed by atoms with Crippen molar-refractivity contribution in [3.63, 3.8) is 0 Å². The zero-order chi connectivity index (χ0) is 12.1. The zero-order valence-corrected chi connectivity index (χ0v) is 11.1. The van der Waals surface area contributed by atoms with Crippen LogP contribution in [0.2, 0.25) is 0 Å². The molecular weight excluding hydrogens is 218 g/mol. The van der Waals surface area contributed by atoms with Crippen LogP contribution in [0.5, 0.6) is 0 Å². The van der Waals surface area contributed by atoms with Gasteiger partial charge >= 0.3 is 0 Å². The molecule has 0 bridgehead atoms. The van der Waals surface area contributed by atoms with E-state index in [-0.39, 0.29) is 5.79 Å². The molecule has 4 nitrogen and oxygen atoms in total. The lowest BCUT2D eigenvalue weighted by Gasteiger charge is -2.39. The number of rotatable bonds is 5. The quantitative estimate of drug-likeness (QED) is 0.687. The van der Waals surface area contributed by atoms with E-state index in [1.54, 1.807) is 7.11 Å². The molecule has 0 amide bonds. The number of nitrogens with zero attached hydrogens (tertiary/aromatic N) is 1. The Morgan fingerprint density at radius 2 is 1.88 bits per heavy atom. The Balaban J connectivity index is 1.70. The lowest BCUT2D eigenvalue weighted by Crippen LogP contribution is -2.43. The van der Waals surface area contributed by atoms with Crippen molar-refractivity contribution >= 4 is 0 Å². The minimum Gasteiger partial charge on any atom is -0.385 e. The normalized spacial score (nSPS) is 24.9. The lowest BCUT2D eigenvalue weighted by atomic mass is 9.89. The Kier molecular flexibility index (Phi) is 4.79. The molecule has 1 saturated carbocycles. The molecule has 1 saturated heterocycles. The first kappa shape index (κ1) is 13.3. The van der Waals surface area contributed by atoms with Crippen LogP contribution in [-0.2, 0) is 14.2 Å². The van der Waals surface area contributed by atoms with Crippen LogP contribution >= 0.6 is 0 Å². The summed E-state index contributed by atoms with van der Waals surface area (Å²) in [5.41, 5.74) is 0. The van der Waals surface area contributed by atoms with Crippen LogP contribution in [0.25, 0.3) is 0 Å². The summed E-state index contributed by atoms with van der Waals surface area (Å²) in [6.07, 6.45) is 5.58. The van der Waals surface area contributed by atoms with Crippen LogP contribution in [0.15, 0.2) is 0 Å². The monoisotopic (exact) mass is 243 g/mol. The Bertz CT molecular complexity index is 219. The first-order chi connectivity index (χ1) is 8.26. The Morgan fingerprint density at radius 1 is 1.24 bits per heavy atom. The van der Waals surface area contributed by atoms with Crippen LogP contribution in [0.4, 0.5) is 0 Å². The Labute approximate surface area is 104 Å². The summed E-state index contributed by atoms with van der Waals surface area (Å²) in [5, 5.41) is 0. The highest BCUT2D eigenvalue weighted by atomic mass is 16.7. The Morgan fingerprint density at radius 3 is 2.47 bits per heavy atom. The van der Waals surface area contributed by atoms with Gasteiger partial charge < -0.3 is 19.1 Å². The molecule has 0 unspecified atom stereocenters. The third kappa shape index (κ3) is 3.41. The molecule has 2 fully saturated rings. The zero-order valence-electron chi connectivity index (χ0n) is 11.1. The molecule has 2 aliphatic rings. The molecule has 0 radical (unpaired) electrons. The molecule has 0 aromatic rings. The molecule has 2 rings (SSSR count). The van der Waals surface area contributed by atoms with E-state index in [0.29, 0.717) is 6.04 Å². The number of ether oxygens (including phenoxy) is 3. The Hall–Kier alpha value is -0.160. The number of hydrogen-bond acceptors (Lipinski definition) is 4. The summed E-state index contributed by atoms with van der Waals surface area (Å²) in [4.78, 5) is 2.46. The highest BCUT2D eigenvalue weighted by molar-refractivity contribution is 4.85. The van der Waals surface area contributed by atoms with Crippen molar-refractivity contribution in [2.75, 3.05) is 40.5 Å². The molecule has 4 heteroatoms. The summed E-state index contributed by atoms with van der Waals surface area (Å²) in [6, 6.07) is 0.685. The summed E-state index contributed by atoms with van der Waals surface area (Å²) >= 11 is 0. The average Bonchev–Trinajstić information content (AvgIpc) is 2.79. The number of hydrogen-bond donors (Lipinski definition) is 0. The average molecular weight is 243 g/mol. The van der Waals surface area contributed by atoms with Crippen LogP contribution < -0.4 is 0 Å². The van der Waals surface area contributed by atoms with Gasteiger partial charge in [-0.3, -0.25) is 0 Å². The van der Waals surface area contributed by atoms with E-state index >= 15 is 0 Å². The van der Waals surface area contributed by atoms with Crippen LogP contribution in [-0.4, -0.2) is 57.3 Å². The van der Waals surface area contributed by atoms with Gasteiger partial charge in [0.05, 0.1) is 13.2 Å². The number of methoxy groups -OCH3 is 1. The van der Waals surface area contributed by atoms with Gasteiger partial charge in [-0.1, -0.05) is 0 Å². The minimum atomic E-state index is -0.218. The van der Waals surface area contributed by atoms with Crippen molar-refractivity contribution in [1.82, 2.24) is 4.90 Å². The fraction of sp³-hybridized carbons (Fsp3) is 1.00. The summed E-state index contributed by atoms with van der Waals surface area (Å²) in [7, 11) is 3.98. The molecule has 1 heterocycles. The van der Waals surface area contributed by atoms with Crippen molar-refractivity contribution < 1.29 is 14.2 Å². The van der Waals surface area contributed by atoms with E-state index in [4.69, 9.17) is 14.2 Å². The van der Waals surface area contributed by atoms with Gasteiger partial charge in [0.25, 0.3) is 0 Å². The smallest absolute Gasteiger partial charge is 0.168 e. The van der Waals surface area contributed by atoms with Gasteiger partial charge in [-0.15, -0.1) is 0 Å². The molecule has 1 spiro atoms. The van der Waals surface area contributed by atoms with E-state index < -0.39 is 0 Å². The maximum atomic E-state index is 5.75. The second kappa shape index (κ2) is 6.14. The highest BCUT2D eigenvalue weighted by Gasteiger charge is 2.40. The van der Waals surface area contributed by atoms with E-state index in [1.807, 2.05) is 0 Å². The molecule has 17 heavy (non-hydrogen) atoms. The first-order valence-electron chi connectivity index (χ1n) is 6.73. The standard InChI is InChI=1S/C13H25NO3/c1-14(8-3-9-15-2)12-4-6-13(7-5-12)16-10-11-17-13/h12H,3-11H2,1-2H3. The van der Waals surface area contributed by atoms with Gasteiger partial charge in [0.2, 0.25) is 0 Å². The van der Waals surface area contributed by atoms with Gasteiger partial charge in [0.1, 0.15) is 0 Å². The molecule has 0 N–H and O–H groups in total. The third-order valence-corrected chi connectivity index (χ3v) is 4.01. The largest absolute Gasteiger partial charge is 0.385 e. The molecule has 0 aromatic carbocycles. The van der Waals surface area contributed by atoms with Crippen LogP contribution in [0.3, 0.4) is 0 Å². The van der Waals surface area contributed by atoms with Crippen molar-refractivity contribution in [3.05, 3.63) is 0 Å². The minimum absolute atomic E-state index is 0.218. The molecule has 0 atom stereocenters. The highest BCUT2D eigenvalue weighted by Crippen LogP contribution is 2.36. The predicted octanol–water partition coefficient (Wildman–Crippen LogP) is 1.64. The van der Waals surface area contributed by atoms with Crippen molar-refractivity contribution in [2.24, 2.45) is 0 Å². The topological polar surface area (TPSA) is 30.9 Å². The fourth-order valence-electron chi connectivity index (χ4n) is 2.91. The second-order valence-electron chi connectivity index (χ2n) is 5.17. The third-order valence-electron chi connectivity index (χ3n) is 4.01. The SMILES string of the molecule is COCCCN(C)C1CCC2(CC1)OCCO2. The van der Waals surface area contributed by atoms with Gasteiger partial charge in [0, 0.05) is 39.1 Å². The summed E-state index contributed by atoms with van der Waals surface area (Å²) < 4.78 is 16.6. The van der Waals surface area contributed by atoms with E-state index in [1.165, 1.54) is 12.8 Å². The van der Waals surface area contributed by atoms with Crippen LogP contribution in [0, 0.1) is 0 Å². The maximum Gasteiger partial charge on any atom is 0.168 e. The summed E-state index contributed by atoms with van der Waals surface area (Å²) in [6.45, 7) is 3.52. The van der Waals surface area contributed by atoms with Gasteiger partial charge in [-0.25, -0.2) is 0 Å². The van der Waals surface area contributed by atoms with E-state index in [2.05, 4.69) is 11.9 Å². The van der Waals surface area contributed by atoms with E-state index in [0.717, 1.165) is 45.6 Å². The van der Waals surface area contributed by atoms with Crippen molar-refractivity contribution in [1.29, 1.82) is 0 Å². The molecule has 1 aliphatic carbocycles. The van der Waals surface area contributed by atoms with Gasteiger partial charge in [-0.2, -0.15) is 0 Å². The lowest BCUT2D eigenvalue weighted by molar-refractivity contribution is -0.183. The van der Waals surface area contributed by atoms with E-state index in [9.17, 15) is 0 Å². The van der Waals surface area contributed by atoms with Gasteiger partial charge in [-0.05, 0) is 26.3 Å². The van der Waals surface area contributed by atoms with Crippen molar-refractivity contribution in [2.45, 2.75) is 43.9 Å². The maximum absolute atomic E-state index is 5.75. The molecule has 1 aliphatic heterocycles. The van der Waals surface area contributed by atoms with Crippen LogP contribution in [0.1, 0.15) is 32.1 Å². The predicted molar refractivity (Wildman–Crippen MR) is 66.0 cm³/mol. The molecule has 0 aromatic heterocycles. The molecular formula is C13H25NO3.